The summed E-state index contributed by atoms with van der Waals surface area (Å²) in [5.41, 5.74) is 3.88. The normalized spacial score (nSPS) is 14.2. The summed E-state index contributed by atoms with van der Waals surface area (Å²) in [6, 6.07) is -0.958. The van der Waals surface area contributed by atoms with Crippen LogP contribution in [0.4, 0.5) is 13.2 Å². The molecule has 1 unspecified atom stereocenters. The van der Waals surface area contributed by atoms with E-state index in [9.17, 15) is 22.8 Å². The van der Waals surface area contributed by atoms with Gasteiger partial charge in [0.1, 0.15) is 6.54 Å². The number of carbonyl (C=O) groups is 2. The molecule has 0 aromatic heterocycles. The Morgan fingerprint density at radius 3 is 2.12 bits per heavy atom. The number of rotatable bonds is 5. The average molecular weight is 255 g/mol. The lowest BCUT2D eigenvalue weighted by Crippen LogP contribution is -2.58. The summed E-state index contributed by atoms with van der Waals surface area (Å²) in [6.45, 7) is 2.80. The molecule has 0 rings (SSSR count). The van der Waals surface area contributed by atoms with Crippen LogP contribution in [0.15, 0.2) is 0 Å². The number of primary amides is 1. The second-order valence-corrected chi connectivity index (χ2v) is 4.19. The third-order valence-electron chi connectivity index (χ3n) is 2.05. The summed E-state index contributed by atoms with van der Waals surface area (Å²) in [7, 11) is 0. The van der Waals surface area contributed by atoms with Gasteiger partial charge >= 0.3 is 6.18 Å². The molecule has 5 nitrogen and oxygen atoms in total. The average Bonchev–Trinajstić information content (AvgIpc) is 2.11. The van der Waals surface area contributed by atoms with Crippen LogP contribution in [0, 0.1) is 0 Å². The van der Waals surface area contributed by atoms with Crippen molar-refractivity contribution in [2.24, 2.45) is 5.73 Å². The number of halogens is 3. The van der Waals surface area contributed by atoms with Crippen molar-refractivity contribution in [2.45, 2.75) is 38.5 Å². The van der Waals surface area contributed by atoms with Gasteiger partial charge < -0.3 is 11.1 Å². The molecule has 100 valence electrons. The van der Waals surface area contributed by atoms with E-state index in [2.05, 4.69) is 5.32 Å². The Kier molecular flexibility index (Phi) is 4.94. The number of amides is 2. The van der Waals surface area contributed by atoms with Gasteiger partial charge in [0.25, 0.3) is 0 Å². The van der Waals surface area contributed by atoms with Crippen molar-refractivity contribution in [3.8, 4) is 0 Å². The number of nitrogens with two attached hydrogens (primary N) is 1. The minimum Gasteiger partial charge on any atom is -0.368 e. The number of nitrogens with one attached hydrogen (secondary N) is 2. The third-order valence-corrected chi connectivity index (χ3v) is 2.05. The van der Waals surface area contributed by atoms with Crippen LogP contribution < -0.4 is 16.4 Å². The SMILES string of the molecule is CC(NC(C)(C)C(N)=O)C(=O)NCC(F)(F)F. The Labute approximate surface area is 96.9 Å². The lowest BCUT2D eigenvalue weighted by atomic mass is 10.0. The summed E-state index contributed by atoms with van der Waals surface area (Å²) in [6.07, 6.45) is -4.46. The van der Waals surface area contributed by atoms with Crippen LogP contribution in [0.3, 0.4) is 0 Å². The van der Waals surface area contributed by atoms with Crippen molar-refractivity contribution in [1.82, 2.24) is 10.6 Å². The molecule has 0 heterocycles. The molecule has 0 saturated heterocycles. The molecule has 8 heteroatoms. The fraction of sp³-hybridized carbons (Fsp3) is 0.778. The van der Waals surface area contributed by atoms with Gasteiger partial charge in [-0.25, -0.2) is 0 Å². The van der Waals surface area contributed by atoms with E-state index < -0.39 is 36.1 Å². The molecule has 0 aromatic carbocycles. The molecule has 0 spiro atoms. The first kappa shape index (κ1) is 15.7. The first-order valence-corrected chi connectivity index (χ1v) is 4.88. The van der Waals surface area contributed by atoms with Crippen molar-refractivity contribution in [3.05, 3.63) is 0 Å². The predicted molar refractivity (Wildman–Crippen MR) is 54.9 cm³/mol. The Hall–Kier alpha value is -1.31. The minimum absolute atomic E-state index is 0.701. The molecule has 0 radical (unpaired) electrons. The van der Waals surface area contributed by atoms with E-state index in [1.807, 2.05) is 0 Å². The molecule has 0 saturated carbocycles. The standard InChI is InChI=1S/C9H16F3N3O2/c1-5(15-8(2,3)7(13)17)6(16)14-4-9(10,11)12/h5,15H,4H2,1-3H3,(H2,13,17)(H,14,16). The quantitative estimate of drug-likeness (QED) is 0.641. The summed E-state index contributed by atoms with van der Waals surface area (Å²) in [5.74, 6) is -1.55. The molecule has 4 N–H and O–H groups in total. The van der Waals surface area contributed by atoms with Crippen LogP contribution in [0.2, 0.25) is 0 Å². The lowest BCUT2D eigenvalue weighted by molar-refractivity contribution is -0.140. The molecule has 0 bridgehead atoms. The van der Waals surface area contributed by atoms with E-state index in [4.69, 9.17) is 5.73 Å². The number of hydrogen-bond donors (Lipinski definition) is 3. The molecule has 0 aliphatic carbocycles. The fourth-order valence-corrected chi connectivity index (χ4v) is 1.02. The van der Waals surface area contributed by atoms with Gasteiger partial charge in [-0.3, -0.25) is 14.9 Å². The molecule has 0 aliphatic heterocycles. The Balaban J connectivity index is 4.29. The lowest BCUT2D eigenvalue weighted by Gasteiger charge is -2.26. The largest absolute Gasteiger partial charge is 0.405 e. The van der Waals surface area contributed by atoms with Crippen molar-refractivity contribution in [2.75, 3.05) is 6.54 Å². The number of hydrogen-bond acceptors (Lipinski definition) is 3. The summed E-state index contributed by atoms with van der Waals surface area (Å²) in [4.78, 5) is 22.2. The van der Waals surface area contributed by atoms with E-state index in [1.165, 1.54) is 20.8 Å². The van der Waals surface area contributed by atoms with Gasteiger partial charge in [-0.2, -0.15) is 13.2 Å². The van der Waals surface area contributed by atoms with Crippen LogP contribution in [0.1, 0.15) is 20.8 Å². The van der Waals surface area contributed by atoms with E-state index >= 15 is 0 Å². The second kappa shape index (κ2) is 5.35. The first-order valence-electron chi connectivity index (χ1n) is 4.88. The molecular formula is C9H16F3N3O2. The molecule has 0 fully saturated rings. The minimum atomic E-state index is -4.46. The predicted octanol–water partition coefficient (Wildman–Crippen LogP) is -0.0931. The van der Waals surface area contributed by atoms with Gasteiger partial charge in [-0.05, 0) is 20.8 Å². The van der Waals surface area contributed by atoms with Crippen LogP contribution in [-0.4, -0.2) is 36.1 Å². The molecule has 0 aromatic rings. The highest BCUT2D eigenvalue weighted by atomic mass is 19.4. The van der Waals surface area contributed by atoms with E-state index in [1.54, 1.807) is 5.32 Å². The van der Waals surface area contributed by atoms with Crippen LogP contribution in [0.25, 0.3) is 0 Å². The van der Waals surface area contributed by atoms with Gasteiger partial charge in [0.15, 0.2) is 0 Å². The van der Waals surface area contributed by atoms with Crippen LogP contribution in [0.5, 0.6) is 0 Å². The summed E-state index contributed by atoms with van der Waals surface area (Å²) in [5, 5.41) is 4.24. The van der Waals surface area contributed by atoms with Crippen molar-refractivity contribution < 1.29 is 22.8 Å². The zero-order valence-corrected chi connectivity index (χ0v) is 9.81. The highest BCUT2D eigenvalue weighted by Crippen LogP contribution is 2.12. The van der Waals surface area contributed by atoms with Gasteiger partial charge in [-0.15, -0.1) is 0 Å². The first-order chi connectivity index (χ1) is 7.46. The molecule has 0 aliphatic rings. The maximum absolute atomic E-state index is 11.8. The third kappa shape index (κ3) is 6.10. The summed E-state index contributed by atoms with van der Waals surface area (Å²) < 4.78 is 35.5. The van der Waals surface area contributed by atoms with Crippen molar-refractivity contribution in [3.63, 3.8) is 0 Å². The fourth-order valence-electron chi connectivity index (χ4n) is 1.02. The Morgan fingerprint density at radius 2 is 1.76 bits per heavy atom. The van der Waals surface area contributed by atoms with E-state index in [-0.39, 0.29) is 0 Å². The maximum atomic E-state index is 11.8. The highest BCUT2D eigenvalue weighted by Gasteiger charge is 2.31. The van der Waals surface area contributed by atoms with Gasteiger partial charge in [0.2, 0.25) is 11.8 Å². The second-order valence-electron chi connectivity index (χ2n) is 4.19. The van der Waals surface area contributed by atoms with Crippen molar-refractivity contribution >= 4 is 11.8 Å². The smallest absolute Gasteiger partial charge is 0.368 e. The van der Waals surface area contributed by atoms with Gasteiger partial charge in [-0.1, -0.05) is 0 Å². The Bertz CT molecular complexity index is 302. The van der Waals surface area contributed by atoms with E-state index in [0.717, 1.165) is 0 Å². The maximum Gasteiger partial charge on any atom is 0.405 e. The molecule has 1 atom stereocenters. The molecule has 17 heavy (non-hydrogen) atoms. The summed E-state index contributed by atoms with van der Waals surface area (Å²) >= 11 is 0. The van der Waals surface area contributed by atoms with E-state index in [0.29, 0.717) is 0 Å². The molecular weight excluding hydrogens is 239 g/mol. The highest BCUT2D eigenvalue weighted by molar-refractivity contribution is 5.86. The monoisotopic (exact) mass is 255 g/mol. The van der Waals surface area contributed by atoms with Gasteiger partial charge in [0.05, 0.1) is 11.6 Å². The van der Waals surface area contributed by atoms with Gasteiger partial charge in [0, 0.05) is 0 Å². The molecule has 2 amide bonds. The Morgan fingerprint density at radius 1 is 1.29 bits per heavy atom. The van der Waals surface area contributed by atoms with Crippen molar-refractivity contribution in [1.29, 1.82) is 0 Å². The zero-order chi connectivity index (χ0) is 13.9. The topological polar surface area (TPSA) is 84.2 Å². The number of carbonyl (C=O) groups excluding carboxylic acids is 2. The number of alkyl halides is 3. The van der Waals surface area contributed by atoms with Crippen LogP contribution >= 0.6 is 0 Å². The van der Waals surface area contributed by atoms with Crippen LogP contribution in [-0.2, 0) is 9.59 Å². The zero-order valence-electron chi connectivity index (χ0n) is 9.81.